The normalized spacial score (nSPS) is 10.9. The quantitative estimate of drug-likeness (QED) is 0.205. The molecule has 2 aromatic carbocycles. The van der Waals surface area contributed by atoms with Crippen LogP contribution in [0.4, 0.5) is 0 Å². The third kappa shape index (κ3) is 4.07. The molecule has 0 saturated carbocycles. The highest BCUT2D eigenvalue weighted by molar-refractivity contribution is 8.76. The minimum Gasteiger partial charge on any atom is -0.0773 e. The SMILES string of the molecule is S=c1ssc(-c2ccccc2)c1SSc1c(-c2ccccc2)ssc1=S. The van der Waals surface area contributed by atoms with Gasteiger partial charge in [-0.1, -0.05) is 126 Å². The van der Waals surface area contributed by atoms with Gasteiger partial charge in [0.15, 0.2) is 0 Å². The summed E-state index contributed by atoms with van der Waals surface area (Å²) in [6.07, 6.45) is 0. The van der Waals surface area contributed by atoms with Crippen LogP contribution in [0.15, 0.2) is 70.5 Å². The molecule has 2 aromatic heterocycles. The summed E-state index contributed by atoms with van der Waals surface area (Å²) in [5.74, 6) is 0. The van der Waals surface area contributed by atoms with Crippen molar-refractivity contribution >= 4 is 87.4 Å². The molecule has 0 fully saturated rings. The molecule has 0 spiro atoms. The number of rotatable bonds is 5. The van der Waals surface area contributed by atoms with Gasteiger partial charge in [0.2, 0.25) is 0 Å². The lowest BCUT2D eigenvalue weighted by molar-refractivity contribution is 1.56. The van der Waals surface area contributed by atoms with E-state index in [0.717, 1.165) is 7.65 Å². The van der Waals surface area contributed by atoms with E-state index in [1.165, 1.54) is 30.7 Å². The molecule has 0 aliphatic carbocycles. The molecule has 130 valence electrons. The van der Waals surface area contributed by atoms with Gasteiger partial charge >= 0.3 is 0 Å². The van der Waals surface area contributed by atoms with Crippen molar-refractivity contribution in [2.75, 3.05) is 0 Å². The average Bonchev–Trinajstić information content (AvgIpc) is 3.24. The summed E-state index contributed by atoms with van der Waals surface area (Å²) in [5.41, 5.74) is 2.45. The van der Waals surface area contributed by atoms with Gasteiger partial charge in [0.25, 0.3) is 0 Å². The molecule has 0 unspecified atom stereocenters. The molecule has 0 aliphatic heterocycles. The number of hydrogen-bond donors (Lipinski definition) is 0. The van der Waals surface area contributed by atoms with E-state index >= 15 is 0 Å². The second-order valence-corrected chi connectivity index (χ2v) is 12.9. The van der Waals surface area contributed by atoms with Crippen LogP contribution in [0.5, 0.6) is 0 Å². The van der Waals surface area contributed by atoms with Crippen LogP contribution in [-0.2, 0) is 0 Å². The molecular formula is C18H10S8. The summed E-state index contributed by atoms with van der Waals surface area (Å²) in [6, 6.07) is 20.9. The zero-order valence-electron chi connectivity index (χ0n) is 13.0. The van der Waals surface area contributed by atoms with Crippen molar-refractivity contribution in [3.8, 4) is 20.9 Å². The number of benzene rings is 2. The van der Waals surface area contributed by atoms with Gasteiger partial charge < -0.3 is 0 Å². The summed E-state index contributed by atoms with van der Waals surface area (Å²) in [7, 11) is 10.3. The van der Waals surface area contributed by atoms with Gasteiger partial charge in [-0.25, -0.2) is 0 Å². The van der Waals surface area contributed by atoms with Crippen LogP contribution in [0.2, 0.25) is 0 Å². The minimum absolute atomic E-state index is 0.956. The van der Waals surface area contributed by atoms with Gasteiger partial charge in [-0.3, -0.25) is 0 Å². The minimum atomic E-state index is 0.956. The number of hydrogen-bond acceptors (Lipinski definition) is 8. The lowest BCUT2D eigenvalue weighted by Crippen LogP contribution is -1.76. The van der Waals surface area contributed by atoms with Gasteiger partial charge in [0, 0.05) is 0 Å². The van der Waals surface area contributed by atoms with Crippen molar-refractivity contribution in [1.29, 1.82) is 0 Å². The molecule has 4 rings (SSSR count). The molecule has 0 atom stereocenters. The molecule has 0 saturated heterocycles. The summed E-state index contributed by atoms with van der Waals surface area (Å²) in [5, 5.41) is 0. The zero-order chi connectivity index (χ0) is 17.9. The maximum absolute atomic E-state index is 5.60. The van der Waals surface area contributed by atoms with Gasteiger partial charge in [-0.15, -0.1) is 0 Å². The maximum Gasteiger partial charge on any atom is 0.116 e. The third-order valence-corrected chi connectivity index (χ3v) is 12.9. The van der Waals surface area contributed by atoms with Crippen molar-refractivity contribution < 1.29 is 0 Å². The summed E-state index contributed by atoms with van der Waals surface area (Å²) in [6.45, 7) is 0. The highest BCUT2D eigenvalue weighted by Gasteiger charge is 2.16. The van der Waals surface area contributed by atoms with E-state index in [9.17, 15) is 0 Å². The first kappa shape index (κ1) is 19.0. The lowest BCUT2D eigenvalue weighted by atomic mass is 10.2. The average molecular weight is 483 g/mol. The molecule has 0 N–H and O–H groups in total. The molecule has 4 aromatic rings. The van der Waals surface area contributed by atoms with Crippen molar-refractivity contribution in [3.63, 3.8) is 0 Å². The molecule has 2 heterocycles. The van der Waals surface area contributed by atoms with Crippen LogP contribution >= 0.6 is 87.4 Å². The second-order valence-electron chi connectivity index (χ2n) is 5.12. The van der Waals surface area contributed by atoms with Gasteiger partial charge in [-0.2, -0.15) is 0 Å². The summed E-state index contributed by atoms with van der Waals surface area (Å²) in [4.78, 5) is 4.86. The Morgan fingerprint density at radius 3 is 1.31 bits per heavy atom. The summed E-state index contributed by atoms with van der Waals surface area (Å²) >= 11 is 11.2. The smallest absolute Gasteiger partial charge is 0.0773 e. The highest BCUT2D eigenvalue weighted by atomic mass is 33.1. The van der Waals surface area contributed by atoms with Gasteiger partial charge in [-0.05, 0) is 32.7 Å². The Bertz CT molecular complexity index is 1020. The molecular weight excluding hydrogens is 473 g/mol. The van der Waals surface area contributed by atoms with Crippen LogP contribution in [-0.4, -0.2) is 0 Å². The molecule has 8 heteroatoms. The third-order valence-electron chi connectivity index (χ3n) is 3.46. The van der Waals surface area contributed by atoms with E-state index in [4.69, 9.17) is 24.4 Å². The predicted molar refractivity (Wildman–Crippen MR) is 129 cm³/mol. The Balaban J connectivity index is 1.66. The molecule has 0 radical (unpaired) electrons. The molecule has 0 nitrogen and oxygen atoms in total. The van der Waals surface area contributed by atoms with E-state index < -0.39 is 0 Å². The van der Waals surface area contributed by atoms with E-state index in [0.29, 0.717) is 0 Å². The van der Waals surface area contributed by atoms with Gasteiger partial charge in [0.05, 0.1) is 19.5 Å². The Morgan fingerprint density at radius 2 is 0.923 bits per heavy atom. The monoisotopic (exact) mass is 482 g/mol. The van der Waals surface area contributed by atoms with Gasteiger partial charge in [0.1, 0.15) is 7.65 Å². The van der Waals surface area contributed by atoms with Crippen LogP contribution in [0.25, 0.3) is 20.9 Å². The predicted octanol–water partition coefficient (Wildman–Crippen LogP) is 9.52. The maximum atomic E-state index is 5.60. The molecule has 0 aliphatic rings. The topological polar surface area (TPSA) is 0 Å². The van der Waals surface area contributed by atoms with Crippen LogP contribution in [0.3, 0.4) is 0 Å². The highest BCUT2D eigenvalue weighted by Crippen LogP contribution is 2.51. The first-order chi connectivity index (χ1) is 12.7. The van der Waals surface area contributed by atoms with Crippen molar-refractivity contribution in [2.24, 2.45) is 0 Å². The Hall–Kier alpha value is -0.320. The van der Waals surface area contributed by atoms with Crippen molar-refractivity contribution in [3.05, 3.63) is 68.3 Å². The fraction of sp³-hybridized carbons (Fsp3) is 0. The van der Waals surface area contributed by atoms with E-state index in [-0.39, 0.29) is 0 Å². The Labute approximate surface area is 184 Å². The first-order valence-electron chi connectivity index (χ1n) is 7.45. The fourth-order valence-electron chi connectivity index (χ4n) is 2.26. The Morgan fingerprint density at radius 1 is 0.538 bits per heavy atom. The second kappa shape index (κ2) is 8.79. The van der Waals surface area contributed by atoms with Crippen LogP contribution in [0, 0.1) is 7.65 Å². The van der Waals surface area contributed by atoms with E-state index in [2.05, 4.69) is 48.5 Å². The largest absolute Gasteiger partial charge is 0.116 e. The van der Waals surface area contributed by atoms with Crippen molar-refractivity contribution in [2.45, 2.75) is 9.79 Å². The first-order valence-corrected chi connectivity index (χ1v) is 14.7. The van der Waals surface area contributed by atoms with Crippen LogP contribution in [0.1, 0.15) is 0 Å². The fourth-order valence-corrected chi connectivity index (χ4v) is 12.4. The van der Waals surface area contributed by atoms with Crippen molar-refractivity contribution in [1.82, 2.24) is 0 Å². The lowest BCUT2D eigenvalue weighted by Gasteiger charge is -2.04. The molecule has 26 heavy (non-hydrogen) atoms. The Kier molecular flexibility index (Phi) is 6.43. The molecule has 0 bridgehead atoms. The van der Waals surface area contributed by atoms with Crippen LogP contribution < -0.4 is 0 Å². The summed E-state index contributed by atoms with van der Waals surface area (Å²) < 4.78 is 1.91. The van der Waals surface area contributed by atoms with E-state index in [1.54, 1.807) is 62.9 Å². The standard InChI is InChI=1S/C18H10S8/c19-17-15(13(21-25-17)11-7-3-1-4-8-11)23-24-16-14(22-26-18(16)20)12-9-5-2-6-10-12/h1-10H. The van der Waals surface area contributed by atoms with E-state index in [1.807, 2.05) is 12.1 Å². The molecule has 0 amide bonds. The zero-order valence-corrected chi connectivity index (χ0v) is 19.6.